The number of hydrogen-bond acceptors (Lipinski definition) is 0. The average molecular weight is 121 g/mol. The third kappa shape index (κ3) is 0.910. The molecule has 0 heteroatoms. The maximum absolute atomic E-state index is 2.36. The zero-order valence-electron chi connectivity index (χ0n) is 5.77. The molecule has 2 aliphatic carbocycles. The van der Waals surface area contributed by atoms with Crippen molar-refractivity contribution in [3.05, 3.63) is 18.1 Å². The first-order chi connectivity index (χ1) is 4.47. The highest BCUT2D eigenvalue weighted by molar-refractivity contribution is 5.19. The first-order valence-corrected chi connectivity index (χ1v) is 3.99. The van der Waals surface area contributed by atoms with Crippen LogP contribution < -0.4 is 0 Å². The largest absolute Gasteiger partial charge is 0.0879 e. The molecule has 0 saturated heterocycles. The zero-order valence-corrected chi connectivity index (χ0v) is 5.77. The average Bonchev–Trinajstić information content (AvgIpc) is 2.33. The quantitative estimate of drug-likeness (QED) is 0.462. The SMILES string of the molecule is C1=C[C]2CCCC2CC1. The molecule has 49 valence electrons. The van der Waals surface area contributed by atoms with Gasteiger partial charge in [-0.15, -0.1) is 0 Å². The maximum Gasteiger partial charge on any atom is 0.000365 e. The Morgan fingerprint density at radius 3 is 3.22 bits per heavy atom. The molecule has 1 saturated carbocycles. The van der Waals surface area contributed by atoms with Crippen LogP contribution in [0.2, 0.25) is 0 Å². The maximum atomic E-state index is 2.36. The van der Waals surface area contributed by atoms with Crippen LogP contribution in [0.1, 0.15) is 32.1 Å². The Morgan fingerprint density at radius 1 is 1.33 bits per heavy atom. The molecular formula is C9H13. The van der Waals surface area contributed by atoms with Crippen LogP contribution in [-0.4, -0.2) is 0 Å². The molecule has 0 aromatic heterocycles. The number of fused-ring (bicyclic) bond motifs is 1. The van der Waals surface area contributed by atoms with E-state index >= 15 is 0 Å². The predicted molar refractivity (Wildman–Crippen MR) is 39.0 cm³/mol. The third-order valence-corrected chi connectivity index (χ3v) is 2.56. The smallest absolute Gasteiger partial charge is 0.000365 e. The van der Waals surface area contributed by atoms with Crippen molar-refractivity contribution in [2.24, 2.45) is 5.92 Å². The molecular weight excluding hydrogens is 108 g/mol. The summed E-state index contributed by atoms with van der Waals surface area (Å²) in [6.45, 7) is 0. The number of rotatable bonds is 0. The van der Waals surface area contributed by atoms with Crippen molar-refractivity contribution in [1.29, 1.82) is 0 Å². The summed E-state index contributed by atoms with van der Waals surface area (Å²) in [5, 5.41) is 0. The first kappa shape index (κ1) is 5.52. The molecule has 0 aliphatic heterocycles. The molecule has 1 fully saturated rings. The molecule has 0 aromatic rings. The van der Waals surface area contributed by atoms with Crippen LogP contribution in [0.25, 0.3) is 0 Å². The summed E-state index contributed by atoms with van der Waals surface area (Å²) >= 11 is 0. The topological polar surface area (TPSA) is 0 Å². The van der Waals surface area contributed by atoms with Gasteiger partial charge in [-0.3, -0.25) is 0 Å². The van der Waals surface area contributed by atoms with E-state index in [2.05, 4.69) is 12.2 Å². The summed E-state index contributed by atoms with van der Waals surface area (Å²) in [5.41, 5.74) is 0. The molecule has 0 bridgehead atoms. The predicted octanol–water partition coefficient (Wildman–Crippen LogP) is 2.71. The second-order valence-electron chi connectivity index (χ2n) is 3.14. The fourth-order valence-electron chi connectivity index (χ4n) is 2.02. The van der Waals surface area contributed by atoms with Crippen LogP contribution >= 0.6 is 0 Å². The van der Waals surface area contributed by atoms with Gasteiger partial charge in [-0.1, -0.05) is 18.6 Å². The Bertz CT molecular complexity index is 124. The Labute approximate surface area is 57.0 Å². The molecule has 0 heterocycles. The van der Waals surface area contributed by atoms with E-state index in [1.165, 1.54) is 32.1 Å². The molecule has 0 spiro atoms. The fourth-order valence-corrected chi connectivity index (χ4v) is 2.02. The Hall–Kier alpha value is -0.260. The number of allylic oxidation sites excluding steroid dienone is 2. The van der Waals surface area contributed by atoms with E-state index in [9.17, 15) is 0 Å². The van der Waals surface area contributed by atoms with E-state index in [1.54, 1.807) is 5.92 Å². The molecule has 9 heavy (non-hydrogen) atoms. The van der Waals surface area contributed by atoms with E-state index in [-0.39, 0.29) is 0 Å². The molecule has 1 radical (unpaired) electrons. The molecule has 1 unspecified atom stereocenters. The summed E-state index contributed by atoms with van der Waals surface area (Å²) in [6.07, 6.45) is 11.8. The van der Waals surface area contributed by atoms with E-state index in [0.29, 0.717) is 0 Å². The highest BCUT2D eigenvalue weighted by Gasteiger charge is 2.26. The molecule has 1 atom stereocenters. The van der Waals surface area contributed by atoms with Crippen molar-refractivity contribution in [2.45, 2.75) is 32.1 Å². The van der Waals surface area contributed by atoms with Crippen LogP contribution in [0.15, 0.2) is 12.2 Å². The van der Waals surface area contributed by atoms with Crippen molar-refractivity contribution in [3.8, 4) is 0 Å². The van der Waals surface area contributed by atoms with Gasteiger partial charge in [0.15, 0.2) is 0 Å². The summed E-state index contributed by atoms with van der Waals surface area (Å²) in [6, 6.07) is 0. The summed E-state index contributed by atoms with van der Waals surface area (Å²) in [4.78, 5) is 0. The van der Waals surface area contributed by atoms with Crippen LogP contribution in [0.5, 0.6) is 0 Å². The lowest BCUT2D eigenvalue weighted by atomic mass is 9.87. The van der Waals surface area contributed by atoms with Crippen molar-refractivity contribution >= 4 is 0 Å². The van der Waals surface area contributed by atoms with Gasteiger partial charge in [-0.25, -0.2) is 0 Å². The van der Waals surface area contributed by atoms with Crippen LogP contribution in [0.3, 0.4) is 0 Å². The minimum absolute atomic E-state index is 0.995. The van der Waals surface area contributed by atoms with Crippen molar-refractivity contribution in [2.75, 3.05) is 0 Å². The van der Waals surface area contributed by atoms with E-state index in [1.807, 2.05) is 0 Å². The Kier molecular flexibility index (Phi) is 1.33. The normalized spacial score (nSPS) is 34.9. The lowest BCUT2D eigenvalue weighted by Crippen LogP contribution is -2.05. The van der Waals surface area contributed by atoms with Gasteiger partial charge in [0.2, 0.25) is 0 Å². The molecule has 0 nitrogen and oxygen atoms in total. The Balaban J connectivity index is 2.10. The minimum Gasteiger partial charge on any atom is -0.0879 e. The van der Waals surface area contributed by atoms with Gasteiger partial charge in [0.25, 0.3) is 0 Å². The fraction of sp³-hybridized carbons (Fsp3) is 0.667. The van der Waals surface area contributed by atoms with Gasteiger partial charge in [0.05, 0.1) is 0 Å². The molecule has 0 amide bonds. The second kappa shape index (κ2) is 2.17. The zero-order chi connectivity index (χ0) is 6.10. The highest BCUT2D eigenvalue weighted by atomic mass is 14.3. The van der Waals surface area contributed by atoms with Gasteiger partial charge in [-0.05, 0) is 31.6 Å². The molecule has 2 aliphatic rings. The molecule has 0 N–H and O–H groups in total. The minimum atomic E-state index is 0.995. The first-order valence-electron chi connectivity index (χ1n) is 3.99. The van der Waals surface area contributed by atoms with Crippen molar-refractivity contribution < 1.29 is 0 Å². The van der Waals surface area contributed by atoms with E-state index < -0.39 is 0 Å². The standard InChI is InChI=1S/C9H13/c1-2-5-9-7-3-6-8(9)4-1/h1,4,9H,2-3,5-7H2. The van der Waals surface area contributed by atoms with Crippen LogP contribution in [-0.2, 0) is 0 Å². The van der Waals surface area contributed by atoms with Gasteiger partial charge in [0.1, 0.15) is 0 Å². The lowest BCUT2D eigenvalue weighted by molar-refractivity contribution is 0.536. The summed E-state index contributed by atoms with van der Waals surface area (Å²) < 4.78 is 0. The van der Waals surface area contributed by atoms with Crippen LogP contribution in [0.4, 0.5) is 0 Å². The van der Waals surface area contributed by atoms with Gasteiger partial charge in [0, 0.05) is 5.92 Å². The van der Waals surface area contributed by atoms with Gasteiger partial charge >= 0.3 is 0 Å². The van der Waals surface area contributed by atoms with Crippen LogP contribution in [0, 0.1) is 11.8 Å². The molecule has 2 rings (SSSR count). The van der Waals surface area contributed by atoms with E-state index in [0.717, 1.165) is 5.92 Å². The third-order valence-electron chi connectivity index (χ3n) is 2.56. The van der Waals surface area contributed by atoms with Gasteiger partial charge < -0.3 is 0 Å². The molecule has 0 aromatic carbocycles. The van der Waals surface area contributed by atoms with Gasteiger partial charge in [-0.2, -0.15) is 0 Å². The van der Waals surface area contributed by atoms with Crippen molar-refractivity contribution in [1.82, 2.24) is 0 Å². The number of hydrogen-bond donors (Lipinski definition) is 0. The highest BCUT2D eigenvalue weighted by Crippen LogP contribution is 2.39. The summed E-state index contributed by atoms with van der Waals surface area (Å²) in [5.74, 6) is 2.73. The van der Waals surface area contributed by atoms with E-state index in [4.69, 9.17) is 0 Å². The lowest BCUT2D eigenvalue weighted by Gasteiger charge is -2.18. The van der Waals surface area contributed by atoms with Crippen molar-refractivity contribution in [3.63, 3.8) is 0 Å². The monoisotopic (exact) mass is 121 g/mol. The second-order valence-corrected chi connectivity index (χ2v) is 3.14. The Morgan fingerprint density at radius 2 is 2.33 bits per heavy atom. The summed E-state index contributed by atoms with van der Waals surface area (Å²) in [7, 11) is 0.